The first kappa shape index (κ1) is 16.5. The lowest BCUT2D eigenvalue weighted by molar-refractivity contribution is 0.0728. The number of amides is 1. The summed E-state index contributed by atoms with van der Waals surface area (Å²) in [5.41, 5.74) is 2.12. The first-order chi connectivity index (χ1) is 11.4. The van der Waals surface area contributed by atoms with Gasteiger partial charge in [-0.25, -0.2) is 0 Å². The zero-order chi connectivity index (χ0) is 17.4. The molecule has 128 valence electrons. The third-order valence-corrected chi connectivity index (χ3v) is 4.55. The van der Waals surface area contributed by atoms with Crippen LogP contribution < -0.4 is 5.56 Å². The van der Waals surface area contributed by atoms with Crippen LogP contribution >= 0.6 is 0 Å². The zero-order valence-electron chi connectivity index (χ0n) is 14.5. The quantitative estimate of drug-likeness (QED) is 0.938. The van der Waals surface area contributed by atoms with Crippen molar-refractivity contribution >= 4 is 5.91 Å². The number of carbonyl (C=O) groups excluding carboxylic acids is 1. The average Bonchev–Trinajstić information content (AvgIpc) is 3.15. The van der Waals surface area contributed by atoms with Gasteiger partial charge in [0.1, 0.15) is 17.0 Å². The molecule has 24 heavy (non-hydrogen) atoms. The van der Waals surface area contributed by atoms with Crippen molar-refractivity contribution in [1.29, 1.82) is 0 Å². The van der Waals surface area contributed by atoms with Crippen molar-refractivity contribution in [3.8, 4) is 0 Å². The molecule has 0 radical (unpaired) electrons. The molecule has 6 heteroatoms. The molecule has 0 unspecified atom stereocenters. The van der Waals surface area contributed by atoms with Crippen LogP contribution in [0.15, 0.2) is 21.5 Å². The maximum absolute atomic E-state index is 13.0. The minimum absolute atomic E-state index is 0.131. The van der Waals surface area contributed by atoms with Gasteiger partial charge in [0.05, 0.1) is 6.04 Å². The molecule has 3 rings (SSSR count). The van der Waals surface area contributed by atoms with Crippen molar-refractivity contribution < 1.29 is 9.32 Å². The van der Waals surface area contributed by atoms with Gasteiger partial charge in [-0.1, -0.05) is 19.0 Å². The molecule has 0 aliphatic carbocycles. The van der Waals surface area contributed by atoms with E-state index in [-0.39, 0.29) is 29.0 Å². The van der Waals surface area contributed by atoms with Crippen molar-refractivity contribution in [3.05, 3.63) is 50.8 Å². The fourth-order valence-electron chi connectivity index (χ4n) is 3.31. The average molecular weight is 329 g/mol. The van der Waals surface area contributed by atoms with Gasteiger partial charge in [-0.15, -0.1) is 0 Å². The first-order valence-corrected chi connectivity index (χ1v) is 8.36. The Balaban J connectivity index is 1.93. The normalized spacial score (nSPS) is 17.7. The molecule has 0 bridgehead atoms. The highest BCUT2D eigenvalue weighted by Gasteiger charge is 2.34. The molecule has 1 N–H and O–H groups in total. The molecule has 1 fully saturated rings. The van der Waals surface area contributed by atoms with E-state index >= 15 is 0 Å². The minimum atomic E-state index is -0.328. The van der Waals surface area contributed by atoms with Crippen LogP contribution in [0.5, 0.6) is 0 Å². The van der Waals surface area contributed by atoms with E-state index < -0.39 is 0 Å². The minimum Gasteiger partial charge on any atom is -0.361 e. The van der Waals surface area contributed by atoms with Crippen LogP contribution in [0.2, 0.25) is 0 Å². The lowest BCUT2D eigenvalue weighted by Crippen LogP contribution is -2.35. The van der Waals surface area contributed by atoms with E-state index in [1.165, 1.54) is 0 Å². The van der Waals surface area contributed by atoms with Gasteiger partial charge >= 0.3 is 0 Å². The van der Waals surface area contributed by atoms with Crippen LogP contribution in [-0.2, 0) is 0 Å². The van der Waals surface area contributed by atoms with Gasteiger partial charge in [0.2, 0.25) is 0 Å². The number of H-pyrrole nitrogens is 1. The Morgan fingerprint density at radius 3 is 2.75 bits per heavy atom. The summed E-state index contributed by atoms with van der Waals surface area (Å²) in [7, 11) is 0. The molecule has 0 aromatic carbocycles. The standard InChI is InChI=1S/C18H23N3O3/c1-10(2)15-9-13(20-24-15)14-6-5-7-21(14)18(23)16-11(3)8-12(4)19-17(16)22/h8-10,14H,5-7H2,1-4H3,(H,19,22)/t14-/m0/s1. The van der Waals surface area contributed by atoms with Gasteiger partial charge in [0.25, 0.3) is 11.5 Å². The molecule has 1 amide bonds. The second-order valence-corrected chi connectivity index (χ2v) is 6.80. The van der Waals surface area contributed by atoms with E-state index in [4.69, 9.17) is 4.52 Å². The number of aromatic nitrogens is 2. The number of rotatable bonds is 3. The Morgan fingerprint density at radius 2 is 2.12 bits per heavy atom. The lowest BCUT2D eigenvalue weighted by Gasteiger charge is -2.23. The molecule has 1 aliphatic heterocycles. The summed E-state index contributed by atoms with van der Waals surface area (Å²) in [6.45, 7) is 8.31. The molecule has 3 heterocycles. The van der Waals surface area contributed by atoms with Crippen LogP contribution in [0.3, 0.4) is 0 Å². The highest BCUT2D eigenvalue weighted by atomic mass is 16.5. The van der Waals surface area contributed by atoms with Crippen LogP contribution in [0.25, 0.3) is 0 Å². The fourth-order valence-corrected chi connectivity index (χ4v) is 3.31. The van der Waals surface area contributed by atoms with Crippen molar-refractivity contribution in [2.24, 2.45) is 0 Å². The Bertz CT molecular complexity index is 819. The Hall–Kier alpha value is -2.37. The Labute approximate surface area is 140 Å². The molecule has 2 aromatic rings. The summed E-state index contributed by atoms with van der Waals surface area (Å²) in [5, 5.41) is 4.15. The van der Waals surface area contributed by atoms with Gasteiger partial charge < -0.3 is 14.4 Å². The van der Waals surface area contributed by atoms with E-state index in [1.54, 1.807) is 11.8 Å². The zero-order valence-corrected chi connectivity index (χ0v) is 14.5. The molecule has 0 saturated carbocycles. The summed E-state index contributed by atoms with van der Waals surface area (Å²) >= 11 is 0. The first-order valence-electron chi connectivity index (χ1n) is 8.36. The molecule has 0 spiro atoms. The number of carbonyl (C=O) groups is 1. The fraction of sp³-hybridized carbons (Fsp3) is 0.500. The third kappa shape index (κ3) is 2.88. The molecular weight excluding hydrogens is 306 g/mol. The van der Waals surface area contributed by atoms with Gasteiger partial charge in [-0.05, 0) is 38.3 Å². The van der Waals surface area contributed by atoms with Crippen LogP contribution in [-0.4, -0.2) is 27.5 Å². The van der Waals surface area contributed by atoms with Crippen molar-refractivity contribution in [3.63, 3.8) is 0 Å². The Kier molecular flexibility index (Phi) is 4.30. The van der Waals surface area contributed by atoms with E-state index in [0.717, 1.165) is 30.0 Å². The summed E-state index contributed by atoms with van der Waals surface area (Å²) in [6.07, 6.45) is 1.72. The van der Waals surface area contributed by atoms with Crippen LogP contribution in [0, 0.1) is 13.8 Å². The number of nitrogens with one attached hydrogen (secondary N) is 1. The number of pyridine rings is 1. The van der Waals surface area contributed by atoms with E-state index in [1.807, 2.05) is 32.9 Å². The molecular formula is C18H23N3O3. The van der Waals surface area contributed by atoms with Gasteiger partial charge in [-0.3, -0.25) is 9.59 Å². The number of aryl methyl sites for hydroxylation is 2. The smallest absolute Gasteiger partial charge is 0.261 e. The van der Waals surface area contributed by atoms with Gasteiger partial charge in [-0.2, -0.15) is 0 Å². The predicted octanol–water partition coefficient (Wildman–Crippen LogP) is 3.08. The highest BCUT2D eigenvalue weighted by Crippen LogP contribution is 2.33. The van der Waals surface area contributed by atoms with E-state index in [2.05, 4.69) is 10.1 Å². The molecule has 1 aliphatic rings. The number of hydrogen-bond acceptors (Lipinski definition) is 4. The summed E-state index contributed by atoms with van der Waals surface area (Å²) in [6, 6.07) is 3.62. The van der Waals surface area contributed by atoms with Crippen molar-refractivity contribution in [1.82, 2.24) is 15.0 Å². The highest BCUT2D eigenvalue weighted by molar-refractivity contribution is 5.95. The molecule has 1 atom stereocenters. The third-order valence-electron chi connectivity index (χ3n) is 4.55. The summed E-state index contributed by atoms with van der Waals surface area (Å²) in [4.78, 5) is 29.7. The predicted molar refractivity (Wildman–Crippen MR) is 90.1 cm³/mol. The van der Waals surface area contributed by atoms with Crippen molar-refractivity contribution in [2.45, 2.75) is 52.5 Å². The number of likely N-dealkylation sites (tertiary alicyclic amines) is 1. The van der Waals surface area contributed by atoms with E-state index in [0.29, 0.717) is 12.1 Å². The molecule has 2 aromatic heterocycles. The van der Waals surface area contributed by atoms with Crippen LogP contribution in [0.1, 0.15) is 71.7 Å². The lowest BCUT2D eigenvalue weighted by atomic mass is 10.1. The van der Waals surface area contributed by atoms with Crippen molar-refractivity contribution in [2.75, 3.05) is 6.54 Å². The molecule has 1 saturated heterocycles. The monoisotopic (exact) mass is 329 g/mol. The summed E-state index contributed by atoms with van der Waals surface area (Å²) in [5.74, 6) is 0.831. The maximum Gasteiger partial charge on any atom is 0.261 e. The topological polar surface area (TPSA) is 79.2 Å². The number of hydrogen-bond donors (Lipinski definition) is 1. The maximum atomic E-state index is 13.0. The second kappa shape index (κ2) is 6.26. The number of nitrogens with zero attached hydrogens (tertiary/aromatic N) is 2. The van der Waals surface area contributed by atoms with Gasteiger partial charge in [0.15, 0.2) is 0 Å². The molecule has 6 nitrogen and oxygen atoms in total. The Morgan fingerprint density at radius 1 is 1.38 bits per heavy atom. The SMILES string of the molecule is Cc1cc(C)c(C(=O)N2CCC[C@H]2c2cc(C(C)C)on2)c(=O)[nH]1. The summed E-state index contributed by atoms with van der Waals surface area (Å²) < 4.78 is 5.38. The van der Waals surface area contributed by atoms with E-state index in [9.17, 15) is 9.59 Å². The second-order valence-electron chi connectivity index (χ2n) is 6.80. The van der Waals surface area contributed by atoms with Gasteiger partial charge in [0, 0.05) is 24.2 Å². The van der Waals surface area contributed by atoms with Crippen LogP contribution in [0.4, 0.5) is 0 Å². The number of aromatic amines is 1. The largest absolute Gasteiger partial charge is 0.361 e.